The molecule has 0 aromatic carbocycles. The van der Waals surface area contributed by atoms with Gasteiger partial charge in [0.25, 0.3) is 0 Å². The third kappa shape index (κ3) is 3.71. The SMILES string of the molecule is O=C(NC1CCCCC1CO)C1CCCCCC1. The fourth-order valence-electron chi connectivity index (χ4n) is 3.46. The molecule has 1 amide bonds. The standard InChI is InChI=1S/C15H27NO2/c17-11-13-9-5-6-10-14(13)16-15(18)12-7-3-1-2-4-8-12/h12-14,17H,1-11H2,(H,16,18). The van der Waals surface area contributed by atoms with Crippen LogP contribution in [0, 0.1) is 11.8 Å². The van der Waals surface area contributed by atoms with Gasteiger partial charge in [-0.25, -0.2) is 0 Å². The number of aliphatic hydroxyl groups excluding tert-OH is 1. The summed E-state index contributed by atoms with van der Waals surface area (Å²) in [7, 11) is 0. The minimum Gasteiger partial charge on any atom is -0.396 e. The summed E-state index contributed by atoms with van der Waals surface area (Å²) >= 11 is 0. The zero-order valence-corrected chi connectivity index (χ0v) is 11.4. The van der Waals surface area contributed by atoms with E-state index in [4.69, 9.17) is 0 Å². The van der Waals surface area contributed by atoms with Gasteiger partial charge in [-0.1, -0.05) is 38.5 Å². The summed E-state index contributed by atoms with van der Waals surface area (Å²) in [5.41, 5.74) is 0. The van der Waals surface area contributed by atoms with E-state index in [1.165, 1.54) is 38.5 Å². The highest BCUT2D eigenvalue weighted by atomic mass is 16.3. The maximum atomic E-state index is 12.3. The number of aliphatic hydroxyl groups is 1. The van der Waals surface area contributed by atoms with Crippen molar-refractivity contribution in [2.75, 3.05) is 6.61 Å². The monoisotopic (exact) mass is 253 g/mol. The van der Waals surface area contributed by atoms with E-state index in [0.29, 0.717) is 0 Å². The van der Waals surface area contributed by atoms with Crippen LogP contribution in [0.3, 0.4) is 0 Å². The van der Waals surface area contributed by atoms with Crippen LogP contribution < -0.4 is 5.32 Å². The molecule has 0 bridgehead atoms. The molecule has 2 atom stereocenters. The highest BCUT2D eigenvalue weighted by Gasteiger charge is 2.28. The van der Waals surface area contributed by atoms with Crippen molar-refractivity contribution in [2.24, 2.45) is 11.8 Å². The second kappa shape index (κ2) is 7.13. The van der Waals surface area contributed by atoms with E-state index < -0.39 is 0 Å². The lowest BCUT2D eigenvalue weighted by Gasteiger charge is -2.32. The second-order valence-electron chi connectivity index (χ2n) is 6.03. The van der Waals surface area contributed by atoms with Crippen molar-refractivity contribution in [3.8, 4) is 0 Å². The van der Waals surface area contributed by atoms with Crippen molar-refractivity contribution in [1.29, 1.82) is 0 Å². The van der Waals surface area contributed by atoms with Gasteiger partial charge >= 0.3 is 0 Å². The van der Waals surface area contributed by atoms with Crippen LogP contribution in [0.2, 0.25) is 0 Å². The number of rotatable bonds is 3. The van der Waals surface area contributed by atoms with Crippen LogP contribution in [0.15, 0.2) is 0 Å². The Morgan fingerprint density at radius 1 is 0.944 bits per heavy atom. The van der Waals surface area contributed by atoms with E-state index in [0.717, 1.165) is 25.7 Å². The Morgan fingerprint density at radius 2 is 1.56 bits per heavy atom. The van der Waals surface area contributed by atoms with Crippen molar-refractivity contribution in [1.82, 2.24) is 5.32 Å². The predicted molar refractivity (Wildman–Crippen MR) is 72.2 cm³/mol. The summed E-state index contributed by atoms with van der Waals surface area (Å²) in [5, 5.41) is 12.6. The number of carbonyl (C=O) groups excluding carboxylic acids is 1. The van der Waals surface area contributed by atoms with E-state index >= 15 is 0 Å². The van der Waals surface area contributed by atoms with Gasteiger partial charge in [-0.15, -0.1) is 0 Å². The Morgan fingerprint density at radius 3 is 2.22 bits per heavy atom. The van der Waals surface area contributed by atoms with E-state index in [1.54, 1.807) is 0 Å². The van der Waals surface area contributed by atoms with Crippen molar-refractivity contribution in [3.63, 3.8) is 0 Å². The van der Waals surface area contributed by atoms with Crippen LogP contribution in [0.4, 0.5) is 0 Å². The first-order valence-corrected chi connectivity index (χ1v) is 7.72. The fourth-order valence-corrected chi connectivity index (χ4v) is 3.46. The van der Waals surface area contributed by atoms with Gasteiger partial charge in [0.05, 0.1) is 0 Å². The Labute approximate surface area is 110 Å². The summed E-state index contributed by atoms with van der Waals surface area (Å²) in [4.78, 5) is 12.3. The van der Waals surface area contributed by atoms with Gasteiger partial charge in [0.15, 0.2) is 0 Å². The average molecular weight is 253 g/mol. The van der Waals surface area contributed by atoms with Gasteiger partial charge < -0.3 is 10.4 Å². The van der Waals surface area contributed by atoms with E-state index in [2.05, 4.69) is 5.32 Å². The number of hydrogen-bond acceptors (Lipinski definition) is 2. The first-order valence-electron chi connectivity index (χ1n) is 7.72. The molecule has 2 N–H and O–H groups in total. The van der Waals surface area contributed by atoms with Gasteiger partial charge in [-0.05, 0) is 25.7 Å². The highest BCUT2D eigenvalue weighted by molar-refractivity contribution is 5.79. The van der Waals surface area contributed by atoms with Crippen LogP contribution in [-0.4, -0.2) is 23.7 Å². The number of carbonyl (C=O) groups is 1. The van der Waals surface area contributed by atoms with Crippen LogP contribution >= 0.6 is 0 Å². The topological polar surface area (TPSA) is 49.3 Å². The van der Waals surface area contributed by atoms with E-state index in [1.807, 2.05) is 0 Å². The number of nitrogens with one attached hydrogen (secondary N) is 1. The molecular formula is C15H27NO2. The molecule has 2 unspecified atom stereocenters. The van der Waals surface area contributed by atoms with Crippen molar-refractivity contribution >= 4 is 5.91 Å². The predicted octanol–water partition coefficient (Wildman–Crippen LogP) is 2.62. The first kappa shape index (κ1) is 13.9. The lowest BCUT2D eigenvalue weighted by Crippen LogP contribution is -2.45. The summed E-state index contributed by atoms with van der Waals surface area (Å²) in [5.74, 6) is 0.768. The molecule has 0 aromatic heterocycles. The molecule has 2 aliphatic rings. The molecule has 18 heavy (non-hydrogen) atoms. The zero-order chi connectivity index (χ0) is 12.8. The summed E-state index contributed by atoms with van der Waals surface area (Å²) in [6.45, 7) is 0.218. The minimum absolute atomic E-state index is 0.218. The second-order valence-corrected chi connectivity index (χ2v) is 6.03. The smallest absolute Gasteiger partial charge is 0.223 e. The number of hydrogen-bond donors (Lipinski definition) is 2. The normalized spacial score (nSPS) is 30.7. The Kier molecular flexibility index (Phi) is 5.48. The summed E-state index contributed by atoms with van der Waals surface area (Å²) in [6, 6.07) is 0.222. The molecule has 0 radical (unpaired) electrons. The molecule has 0 heterocycles. The quantitative estimate of drug-likeness (QED) is 0.760. The molecule has 0 aliphatic heterocycles. The molecule has 2 aliphatic carbocycles. The largest absolute Gasteiger partial charge is 0.396 e. The maximum Gasteiger partial charge on any atom is 0.223 e. The van der Waals surface area contributed by atoms with E-state index in [9.17, 15) is 9.90 Å². The Bertz CT molecular complexity index is 259. The molecule has 3 nitrogen and oxygen atoms in total. The van der Waals surface area contributed by atoms with Crippen LogP contribution in [0.25, 0.3) is 0 Å². The lowest BCUT2D eigenvalue weighted by molar-refractivity contribution is -0.126. The van der Waals surface area contributed by atoms with Crippen LogP contribution in [-0.2, 0) is 4.79 Å². The molecule has 2 saturated carbocycles. The van der Waals surface area contributed by atoms with Crippen molar-refractivity contribution in [2.45, 2.75) is 70.3 Å². The van der Waals surface area contributed by atoms with Gasteiger partial charge in [0.1, 0.15) is 0 Å². The van der Waals surface area contributed by atoms with E-state index in [-0.39, 0.29) is 30.4 Å². The average Bonchev–Trinajstić information content (AvgIpc) is 2.68. The molecule has 3 heteroatoms. The van der Waals surface area contributed by atoms with Gasteiger partial charge in [-0.2, -0.15) is 0 Å². The fraction of sp³-hybridized carbons (Fsp3) is 0.933. The Hall–Kier alpha value is -0.570. The third-order valence-corrected chi connectivity index (χ3v) is 4.70. The van der Waals surface area contributed by atoms with Crippen LogP contribution in [0.1, 0.15) is 64.2 Å². The highest BCUT2D eigenvalue weighted by Crippen LogP contribution is 2.26. The summed E-state index contributed by atoms with van der Waals surface area (Å²) in [6.07, 6.45) is 11.6. The molecule has 0 aromatic rings. The van der Waals surface area contributed by atoms with Gasteiger partial charge in [0.2, 0.25) is 5.91 Å². The first-order chi connectivity index (χ1) is 8.81. The van der Waals surface area contributed by atoms with Crippen LogP contribution in [0.5, 0.6) is 0 Å². The molecule has 2 fully saturated rings. The minimum atomic E-state index is 0.218. The van der Waals surface area contributed by atoms with Crippen molar-refractivity contribution < 1.29 is 9.90 Å². The third-order valence-electron chi connectivity index (χ3n) is 4.70. The maximum absolute atomic E-state index is 12.3. The van der Waals surface area contributed by atoms with Gasteiger partial charge in [-0.3, -0.25) is 4.79 Å². The molecular weight excluding hydrogens is 226 g/mol. The van der Waals surface area contributed by atoms with Gasteiger partial charge in [0, 0.05) is 24.5 Å². The zero-order valence-electron chi connectivity index (χ0n) is 11.4. The van der Waals surface area contributed by atoms with Crippen molar-refractivity contribution in [3.05, 3.63) is 0 Å². The molecule has 0 saturated heterocycles. The molecule has 104 valence electrons. The number of amides is 1. The molecule has 2 rings (SSSR count). The Balaban J connectivity index is 1.84. The summed E-state index contributed by atoms with van der Waals surface area (Å²) < 4.78 is 0. The molecule has 0 spiro atoms. The lowest BCUT2D eigenvalue weighted by atomic mass is 9.84.